The highest BCUT2D eigenvalue weighted by Gasteiger charge is 2.34. The maximum absolute atomic E-state index is 12.2. The van der Waals surface area contributed by atoms with Gasteiger partial charge in [0.1, 0.15) is 0 Å². The number of carbonyl (C=O) groups is 4. The van der Waals surface area contributed by atoms with Crippen LogP contribution in [0.15, 0.2) is 24.3 Å². The lowest BCUT2D eigenvalue weighted by molar-refractivity contribution is -0.119. The molecule has 3 rings (SSSR count). The number of benzene rings is 1. The first-order chi connectivity index (χ1) is 12.1. The Morgan fingerprint density at radius 1 is 1.04 bits per heavy atom. The van der Waals surface area contributed by atoms with Crippen LogP contribution in [0.2, 0.25) is 0 Å². The second-order valence-electron chi connectivity index (χ2n) is 6.02. The van der Waals surface area contributed by atoms with Crippen molar-refractivity contribution in [3.8, 4) is 0 Å². The van der Waals surface area contributed by atoms with Crippen LogP contribution >= 0.6 is 0 Å². The van der Waals surface area contributed by atoms with Gasteiger partial charge >= 0.3 is 6.03 Å². The summed E-state index contributed by atoms with van der Waals surface area (Å²) in [4.78, 5) is 51.7. The number of imide groups is 1. The van der Waals surface area contributed by atoms with Crippen LogP contribution in [0.25, 0.3) is 0 Å². The fourth-order valence-corrected chi connectivity index (χ4v) is 3.02. The molecule has 0 saturated carbocycles. The van der Waals surface area contributed by atoms with Crippen LogP contribution in [-0.2, 0) is 4.79 Å². The molecular weight excluding hydrogens is 324 g/mol. The molecule has 0 bridgehead atoms. The minimum atomic E-state index is -0.281. The molecule has 0 radical (unpaired) electrons. The Labute approximate surface area is 145 Å². The smallest absolute Gasteiger partial charge is 0.317 e. The first-order valence-corrected chi connectivity index (χ1v) is 8.29. The number of nitrogens with one attached hydrogen (secondary N) is 1. The molecule has 132 valence electrons. The van der Waals surface area contributed by atoms with Gasteiger partial charge in [-0.3, -0.25) is 19.3 Å². The predicted octanol–water partition coefficient (Wildman–Crippen LogP) is 0.156. The van der Waals surface area contributed by atoms with Gasteiger partial charge in [-0.25, -0.2) is 4.79 Å². The minimum Gasteiger partial charge on any atom is -0.342 e. The number of urea groups is 1. The third kappa shape index (κ3) is 3.47. The van der Waals surface area contributed by atoms with Crippen LogP contribution < -0.4 is 5.32 Å². The number of hydrogen-bond acceptors (Lipinski definition) is 4. The van der Waals surface area contributed by atoms with E-state index < -0.39 is 0 Å². The van der Waals surface area contributed by atoms with Crippen molar-refractivity contribution in [2.75, 3.05) is 39.3 Å². The van der Waals surface area contributed by atoms with Crippen LogP contribution in [0.5, 0.6) is 0 Å². The van der Waals surface area contributed by atoms with Crippen molar-refractivity contribution in [1.29, 1.82) is 0 Å². The first-order valence-electron chi connectivity index (χ1n) is 8.29. The monoisotopic (exact) mass is 344 g/mol. The Hall–Kier alpha value is -2.90. The van der Waals surface area contributed by atoms with Gasteiger partial charge in [-0.15, -0.1) is 0 Å². The zero-order valence-electron chi connectivity index (χ0n) is 13.8. The highest BCUT2D eigenvalue weighted by atomic mass is 16.2. The first kappa shape index (κ1) is 16.9. The summed E-state index contributed by atoms with van der Waals surface area (Å²) in [5, 5.41) is 2.79. The molecule has 0 aromatic heterocycles. The van der Waals surface area contributed by atoms with Crippen molar-refractivity contribution >= 4 is 24.3 Å². The Balaban J connectivity index is 1.42. The Kier molecular flexibility index (Phi) is 4.97. The van der Waals surface area contributed by atoms with Crippen molar-refractivity contribution in [2.45, 2.75) is 6.42 Å². The lowest BCUT2D eigenvalue weighted by Gasteiger charge is -2.32. The fraction of sp³-hybridized carbons (Fsp3) is 0.412. The van der Waals surface area contributed by atoms with E-state index in [9.17, 15) is 19.2 Å². The molecule has 8 heteroatoms. The lowest BCUT2D eigenvalue weighted by atomic mass is 10.1. The van der Waals surface area contributed by atoms with Crippen molar-refractivity contribution in [2.24, 2.45) is 0 Å². The van der Waals surface area contributed by atoms with E-state index in [1.807, 2.05) is 0 Å². The molecule has 2 aliphatic heterocycles. The largest absolute Gasteiger partial charge is 0.342 e. The quantitative estimate of drug-likeness (QED) is 0.468. The number of fused-ring (bicyclic) bond motifs is 1. The Morgan fingerprint density at radius 3 is 2.20 bits per heavy atom. The fourth-order valence-electron chi connectivity index (χ4n) is 3.02. The van der Waals surface area contributed by atoms with Gasteiger partial charge in [-0.05, 0) is 18.6 Å². The van der Waals surface area contributed by atoms with Gasteiger partial charge in [0.25, 0.3) is 11.8 Å². The molecule has 1 aromatic carbocycles. The third-order valence-electron chi connectivity index (χ3n) is 4.46. The van der Waals surface area contributed by atoms with Gasteiger partial charge in [0, 0.05) is 39.3 Å². The standard InChI is InChI=1S/C17H20N4O4/c22-12-19-8-10-20(11-9-19)17(25)18-6-3-7-21-15(23)13-4-1-2-5-14(13)16(21)24/h1-2,4-5,12H,3,6-11H2,(H,18,25). The average molecular weight is 344 g/mol. The maximum atomic E-state index is 12.2. The van der Waals surface area contributed by atoms with E-state index in [0.29, 0.717) is 50.3 Å². The Bertz CT molecular complexity index is 663. The number of rotatable bonds is 5. The van der Waals surface area contributed by atoms with Gasteiger partial charge in [-0.1, -0.05) is 12.1 Å². The SMILES string of the molecule is O=CN1CCN(C(=O)NCCCN2C(=O)c3ccccc3C2=O)CC1. The van der Waals surface area contributed by atoms with E-state index in [4.69, 9.17) is 0 Å². The molecule has 2 aliphatic rings. The average Bonchev–Trinajstić information content (AvgIpc) is 2.90. The van der Waals surface area contributed by atoms with Crippen LogP contribution in [0.1, 0.15) is 27.1 Å². The predicted molar refractivity (Wildman–Crippen MR) is 89.0 cm³/mol. The summed E-state index contributed by atoms with van der Waals surface area (Å²) < 4.78 is 0. The highest BCUT2D eigenvalue weighted by Crippen LogP contribution is 2.22. The van der Waals surface area contributed by atoms with Gasteiger partial charge in [0.15, 0.2) is 0 Å². The minimum absolute atomic E-state index is 0.187. The second-order valence-corrected chi connectivity index (χ2v) is 6.02. The van der Waals surface area contributed by atoms with E-state index in [1.165, 1.54) is 4.90 Å². The van der Waals surface area contributed by atoms with Crippen molar-refractivity contribution in [1.82, 2.24) is 20.0 Å². The normalized spacial score (nSPS) is 16.9. The van der Waals surface area contributed by atoms with Gasteiger partial charge in [-0.2, -0.15) is 0 Å². The summed E-state index contributed by atoms with van der Waals surface area (Å²) in [6.45, 7) is 2.72. The van der Waals surface area contributed by atoms with Crippen LogP contribution in [0.3, 0.4) is 0 Å². The molecule has 0 aliphatic carbocycles. The summed E-state index contributed by atoms with van der Waals surface area (Å²) in [6.07, 6.45) is 1.28. The van der Waals surface area contributed by atoms with Crippen LogP contribution in [0, 0.1) is 0 Å². The summed E-state index contributed by atoms with van der Waals surface area (Å²) in [7, 11) is 0. The van der Waals surface area contributed by atoms with Gasteiger partial charge in [0.05, 0.1) is 11.1 Å². The molecule has 5 amide bonds. The second kappa shape index (κ2) is 7.33. The van der Waals surface area contributed by atoms with Crippen molar-refractivity contribution in [3.63, 3.8) is 0 Å². The van der Waals surface area contributed by atoms with Crippen LogP contribution in [0.4, 0.5) is 4.79 Å². The molecule has 25 heavy (non-hydrogen) atoms. The summed E-state index contributed by atoms with van der Waals surface area (Å²) in [6, 6.07) is 6.58. The zero-order chi connectivity index (χ0) is 17.8. The number of piperazine rings is 1. The molecule has 1 saturated heterocycles. The summed E-state index contributed by atoms with van der Waals surface area (Å²) in [5.74, 6) is -0.561. The third-order valence-corrected chi connectivity index (χ3v) is 4.46. The molecule has 1 fully saturated rings. The molecule has 8 nitrogen and oxygen atoms in total. The molecule has 0 unspecified atom stereocenters. The number of nitrogens with zero attached hydrogens (tertiary/aromatic N) is 3. The topological polar surface area (TPSA) is 90.0 Å². The van der Waals surface area contributed by atoms with Gasteiger partial charge < -0.3 is 15.1 Å². The zero-order valence-corrected chi connectivity index (χ0v) is 13.8. The molecule has 1 N–H and O–H groups in total. The van der Waals surface area contributed by atoms with Gasteiger partial charge in [0.2, 0.25) is 6.41 Å². The van der Waals surface area contributed by atoms with Crippen LogP contribution in [-0.4, -0.2) is 78.2 Å². The lowest BCUT2D eigenvalue weighted by Crippen LogP contribution is -2.51. The van der Waals surface area contributed by atoms with E-state index in [1.54, 1.807) is 34.1 Å². The Morgan fingerprint density at radius 2 is 1.64 bits per heavy atom. The summed E-state index contributed by atoms with van der Waals surface area (Å²) in [5.41, 5.74) is 0.870. The maximum Gasteiger partial charge on any atom is 0.317 e. The van der Waals surface area contributed by atoms with Crippen molar-refractivity contribution < 1.29 is 19.2 Å². The number of carbonyl (C=O) groups excluding carboxylic acids is 4. The highest BCUT2D eigenvalue weighted by molar-refractivity contribution is 6.21. The van der Waals surface area contributed by atoms with E-state index in [-0.39, 0.29) is 24.4 Å². The van der Waals surface area contributed by atoms with Crippen molar-refractivity contribution in [3.05, 3.63) is 35.4 Å². The molecule has 2 heterocycles. The number of amides is 5. The van der Waals surface area contributed by atoms with E-state index >= 15 is 0 Å². The number of hydrogen-bond donors (Lipinski definition) is 1. The van der Waals surface area contributed by atoms with E-state index in [0.717, 1.165) is 6.41 Å². The molecule has 0 spiro atoms. The molecule has 1 aromatic rings. The molecule has 0 atom stereocenters. The molecular formula is C17H20N4O4. The summed E-state index contributed by atoms with van der Waals surface area (Å²) >= 11 is 0. The van der Waals surface area contributed by atoms with E-state index in [2.05, 4.69) is 5.32 Å².